The topological polar surface area (TPSA) is 36.9 Å². The molecule has 0 N–H and O–H groups in total. The summed E-state index contributed by atoms with van der Waals surface area (Å²) in [4.78, 5) is 0. The standard InChI is InChI=1S/C35H28F8O4/c1-2-3-4-5-20-18-44-33(45-19-20)22-8-6-21(7-9-22)23-10-12-26(27(36)14-23)24-15-29(38)32(30(39)16-24)35(42,43)47-25-11-13-31(28(37)17-25)46-34(40)41/h2-3,6-17,20,33-34H,4-5,18-19H2,1H3. The predicted molar refractivity (Wildman–Crippen MR) is 157 cm³/mol. The Morgan fingerprint density at radius 1 is 0.787 bits per heavy atom. The molecule has 0 amide bonds. The van der Waals surface area contributed by atoms with Gasteiger partial charge in [-0.3, -0.25) is 0 Å². The van der Waals surface area contributed by atoms with E-state index in [9.17, 15) is 30.7 Å². The van der Waals surface area contributed by atoms with E-state index in [1.165, 1.54) is 12.1 Å². The maximum Gasteiger partial charge on any atom is 0.432 e. The summed E-state index contributed by atoms with van der Waals surface area (Å²) in [5, 5.41) is 0. The molecule has 1 aliphatic heterocycles. The van der Waals surface area contributed by atoms with Gasteiger partial charge in [-0.15, -0.1) is 0 Å². The van der Waals surface area contributed by atoms with Gasteiger partial charge >= 0.3 is 12.7 Å². The van der Waals surface area contributed by atoms with Crippen molar-refractivity contribution in [1.82, 2.24) is 0 Å². The van der Waals surface area contributed by atoms with E-state index >= 15 is 4.39 Å². The molecule has 0 radical (unpaired) electrons. The lowest BCUT2D eigenvalue weighted by Crippen LogP contribution is -2.27. The van der Waals surface area contributed by atoms with Crippen molar-refractivity contribution in [3.63, 3.8) is 0 Å². The number of hydrogen-bond donors (Lipinski definition) is 0. The average molecular weight is 665 g/mol. The number of alkyl halides is 4. The summed E-state index contributed by atoms with van der Waals surface area (Å²) in [5.74, 6) is -7.44. The fourth-order valence-electron chi connectivity index (χ4n) is 5.10. The third-order valence-corrected chi connectivity index (χ3v) is 7.44. The van der Waals surface area contributed by atoms with Gasteiger partial charge in [0.1, 0.15) is 28.8 Å². The fraction of sp³-hybridized carbons (Fsp3) is 0.257. The van der Waals surface area contributed by atoms with Crippen molar-refractivity contribution >= 4 is 0 Å². The van der Waals surface area contributed by atoms with Gasteiger partial charge in [0.15, 0.2) is 17.9 Å². The lowest BCUT2D eigenvalue weighted by Gasteiger charge is -2.29. The van der Waals surface area contributed by atoms with Crippen LogP contribution >= 0.6 is 0 Å². The van der Waals surface area contributed by atoms with Crippen molar-refractivity contribution in [2.24, 2.45) is 5.92 Å². The van der Waals surface area contributed by atoms with Crippen molar-refractivity contribution in [2.75, 3.05) is 13.2 Å². The van der Waals surface area contributed by atoms with Crippen LogP contribution in [0.2, 0.25) is 0 Å². The molecular weight excluding hydrogens is 636 g/mol. The molecule has 5 rings (SSSR count). The van der Waals surface area contributed by atoms with Gasteiger partial charge in [-0.25, -0.2) is 17.6 Å². The molecule has 4 nitrogen and oxygen atoms in total. The van der Waals surface area contributed by atoms with Crippen LogP contribution in [0, 0.1) is 29.2 Å². The molecule has 0 unspecified atom stereocenters. The third-order valence-electron chi connectivity index (χ3n) is 7.44. The first kappa shape index (κ1) is 33.9. The summed E-state index contributed by atoms with van der Waals surface area (Å²) in [5.41, 5.74) is -0.581. The van der Waals surface area contributed by atoms with E-state index in [4.69, 9.17) is 9.47 Å². The second-order valence-corrected chi connectivity index (χ2v) is 10.7. The first-order chi connectivity index (χ1) is 22.4. The van der Waals surface area contributed by atoms with E-state index in [0.29, 0.717) is 60.6 Å². The Kier molecular flexibility index (Phi) is 10.5. The van der Waals surface area contributed by atoms with E-state index in [1.807, 2.05) is 13.0 Å². The molecule has 0 atom stereocenters. The number of halogens is 8. The van der Waals surface area contributed by atoms with Crippen LogP contribution in [0.5, 0.6) is 11.5 Å². The Balaban J connectivity index is 1.28. The first-order valence-corrected chi connectivity index (χ1v) is 14.5. The summed E-state index contributed by atoms with van der Waals surface area (Å²) >= 11 is 0. The molecule has 4 aromatic rings. The number of ether oxygens (including phenoxy) is 4. The number of benzene rings is 4. The second kappa shape index (κ2) is 14.6. The van der Waals surface area contributed by atoms with Gasteiger partial charge in [-0.1, -0.05) is 48.6 Å². The molecule has 12 heteroatoms. The summed E-state index contributed by atoms with van der Waals surface area (Å²) in [6.45, 7) is -0.271. The summed E-state index contributed by atoms with van der Waals surface area (Å²) in [6.07, 6.45) is 0.823. The quantitative estimate of drug-likeness (QED) is 0.118. The van der Waals surface area contributed by atoms with Crippen molar-refractivity contribution in [3.8, 4) is 33.8 Å². The molecule has 0 aromatic heterocycles. The Bertz CT molecular complexity index is 1690. The highest BCUT2D eigenvalue weighted by molar-refractivity contribution is 5.71. The van der Waals surface area contributed by atoms with Crippen LogP contribution in [-0.2, 0) is 15.6 Å². The third kappa shape index (κ3) is 8.12. The minimum Gasteiger partial charge on any atom is -0.432 e. The normalized spacial score (nSPS) is 17.0. The van der Waals surface area contributed by atoms with Crippen LogP contribution in [-0.4, -0.2) is 19.8 Å². The minimum atomic E-state index is -4.67. The Morgan fingerprint density at radius 2 is 1.43 bits per heavy atom. The van der Waals surface area contributed by atoms with E-state index in [2.05, 4.69) is 15.5 Å². The Morgan fingerprint density at radius 3 is 2.02 bits per heavy atom. The largest absolute Gasteiger partial charge is 0.432 e. The number of allylic oxidation sites excluding steroid dienone is 2. The molecule has 248 valence electrons. The van der Waals surface area contributed by atoms with Crippen LogP contribution in [0.4, 0.5) is 35.1 Å². The van der Waals surface area contributed by atoms with E-state index in [0.717, 1.165) is 24.5 Å². The van der Waals surface area contributed by atoms with Gasteiger partial charge in [0.05, 0.1) is 13.2 Å². The monoisotopic (exact) mass is 664 g/mol. The highest BCUT2D eigenvalue weighted by atomic mass is 19.3. The fourth-order valence-corrected chi connectivity index (χ4v) is 5.10. The van der Waals surface area contributed by atoms with E-state index in [1.54, 1.807) is 24.3 Å². The van der Waals surface area contributed by atoms with Gasteiger partial charge in [0.2, 0.25) is 0 Å². The zero-order valence-corrected chi connectivity index (χ0v) is 24.8. The highest BCUT2D eigenvalue weighted by Gasteiger charge is 2.41. The van der Waals surface area contributed by atoms with Gasteiger partial charge in [0.25, 0.3) is 0 Å². The summed E-state index contributed by atoms with van der Waals surface area (Å²) in [7, 11) is 0. The Labute approximate surface area is 265 Å². The van der Waals surface area contributed by atoms with Crippen LogP contribution in [0.15, 0.2) is 84.9 Å². The molecule has 1 fully saturated rings. The lowest BCUT2D eigenvalue weighted by atomic mass is 9.97. The minimum absolute atomic E-state index is 0.261. The van der Waals surface area contributed by atoms with Gasteiger partial charge in [0, 0.05) is 23.1 Å². The maximum absolute atomic E-state index is 15.2. The molecule has 47 heavy (non-hydrogen) atoms. The second-order valence-electron chi connectivity index (χ2n) is 10.7. The summed E-state index contributed by atoms with van der Waals surface area (Å²) < 4.78 is 133. The zero-order valence-electron chi connectivity index (χ0n) is 24.8. The molecule has 0 bridgehead atoms. The SMILES string of the molecule is CC=CCCC1COC(c2ccc(-c3ccc(-c4cc(F)c(C(F)(F)Oc5ccc(OC(F)F)c(F)c5)c(F)c4)c(F)c3)cc2)OC1. The maximum atomic E-state index is 15.2. The van der Waals surface area contributed by atoms with Gasteiger partial charge in [-0.2, -0.15) is 17.6 Å². The molecule has 1 saturated heterocycles. The van der Waals surface area contributed by atoms with Crippen LogP contribution in [0.3, 0.4) is 0 Å². The highest BCUT2D eigenvalue weighted by Crippen LogP contribution is 2.39. The van der Waals surface area contributed by atoms with Crippen LogP contribution in [0.25, 0.3) is 22.3 Å². The Hall–Kier alpha value is -4.42. The van der Waals surface area contributed by atoms with Crippen molar-refractivity contribution in [2.45, 2.75) is 38.8 Å². The average Bonchev–Trinajstić information content (AvgIpc) is 3.02. The molecule has 0 aliphatic carbocycles. The van der Waals surface area contributed by atoms with Gasteiger partial charge in [-0.05, 0) is 66.8 Å². The van der Waals surface area contributed by atoms with Gasteiger partial charge < -0.3 is 18.9 Å². The molecule has 1 heterocycles. The number of rotatable bonds is 11. The zero-order chi connectivity index (χ0) is 33.7. The van der Waals surface area contributed by atoms with Crippen molar-refractivity contribution in [1.29, 1.82) is 0 Å². The van der Waals surface area contributed by atoms with Crippen molar-refractivity contribution in [3.05, 3.63) is 119 Å². The van der Waals surface area contributed by atoms with Crippen LogP contribution in [0.1, 0.15) is 37.2 Å². The predicted octanol–water partition coefficient (Wildman–Crippen LogP) is 10.3. The molecule has 1 aliphatic rings. The summed E-state index contributed by atoms with van der Waals surface area (Å²) in [6, 6.07) is 13.5. The lowest BCUT2D eigenvalue weighted by molar-refractivity contribution is -0.205. The van der Waals surface area contributed by atoms with Crippen molar-refractivity contribution < 1.29 is 54.1 Å². The molecule has 4 aromatic carbocycles. The first-order valence-electron chi connectivity index (χ1n) is 14.5. The molecule has 0 spiro atoms. The molecule has 0 saturated carbocycles. The van der Waals surface area contributed by atoms with Crippen LogP contribution < -0.4 is 9.47 Å². The molecular formula is C35H28F8O4. The smallest absolute Gasteiger partial charge is 0.432 e. The van der Waals surface area contributed by atoms with E-state index < -0.39 is 59.3 Å². The van der Waals surface area contributed by atoms with E-state index in [-0.39, 0.29) is 11.1 Å². The number of hydrogen-bond acceptors (Lipinski definition) is 4.